The Balaban J connectivity index is 2.28. The van der Waals surface area contributed by atoms with Gasteiger partial charge in [0.15, 0.2) is 0 Å². The van der Waals surface area contributed by atoms with E-state index in [1.807, 2.05) is 20.8 Å². The van der Waals surface area contributed by atoms with Gasteiger partial charge in [0.25, 0.3) is 0 Å². The van der Waals surface area contributed by atoms with Gasteiger partial charge in [-0.1, -0.05) is 38.5 Å². The molecule has 1 unspecified atom stereocenters. The SMILES string of the molecule is CC(C)(C)OC(=O)NOCC(CN)C1CCCCCC1. The van der Waals surface area contributed by atoms with Crippen molar-refractivity contribution in [3.05, 3.63) is 0 Å². The predicted molar refractivity (Wildman–Crippen MR) is 79.1 cm³/mol. The number of hydrogen-bond acceptors (Lipinski definition) is 4. The zero-order chi connectivity index (χ0) is 15.0. The number of rotatable bonds is 5. The van der Waals surface area contributed by atoms with Crippen molar-refractivity contribution in [3.8, 4) is 0 Å². The fourth-order valence-corrected chi connectivity index (χ4v) is 2.69. The van der Waals surface area contributed by atoms with Gasteiger partial charge in [-0.15, -0.1) is 0 Å². The summed E-state index contributed by atoms with van der Waals surface area (Å²) in [5.74, 6) is 0.922. The van der Waals surface area contributed by atoms with E-state index in [4.69, 9.17) is 15.3 Å². The van der Waals surface area contributed by atoms with Gasteiger partial charge in [0.05, 0.1) is 6.61 Å². The summed E-state index contributed by atoms with van der Waals surface area (Å²) in [4.78, 5) is 16.8. The highest BCUT2D eigenvalue weighted by Gasteiger charge is 2.23. The number of carbonyl (C=O) groups is 1. The lowest BCUT2D eigenvalue weighted by Crippen LogP contribution is -2.36. The molecule has 3 N–H and O–H groups in total. The molecule has 1 rings (SSSR count). The van der Waals surface area contributed by atoms with E-state index in [-0.39, 0.29) is 0 Å². The molecule has 118 valence electrons. The molecule has 0 aromatic rings. The average molecular weight is 286 g/mol. The molecule has 1 aliphatic rings. The van der Waals surface area contributed by atoms with Gasteiger partial charge in [-0.2, -0.15) is 5.48 Å². The van der Waals surface area contributed by atoms with Gasteiger partial charge >= 0.3 is 6.09 Å². The van der Waals surface area contributed by atoms with Crippen LogP contribution in [0.25, 0.3) is 0 Å². The Hall–Kier alpha value is -0.810. The Morgan fingerprint density at radius 3 is 2.35 bits per heavy atom. The fourth-order valence-electron chi connectivity index (χ4n) is 2.69. The molecule has 1 atom stereocenters. The Kier molecular flexibility index (Phi) is 7.30. The first-order chi connectivity index (χ1) is 9.42. The van der Waals surface area contributed by atoms with Crippen LogP contribution >= 0.6 is 0 Å². The summed E-state index contributed by atoms with van der Waals surface area (Å²) in [7, 11) is 0. The number of hydrogen-bond donors (Lipinski definition) is 2. The summed E-state index contributed by atoms with van der Waals surface area (Å²) in [6.07, 6.45) is 7.10. The molecule has 0 aliphatic heterocycles. The molecular formula is C15H30N2O3. The Morgan fingerprint density at radius 2 is 1.85 bits per heavy atom. The van der Waals surface area contributed by atoms with Crippen molar-refractivity contribution in [1.29, 1.82) is 0 Å². The topological polar surface area (TPSA) is 73.6 Å². The summed E-state index contributed by atoms with van der Waals surface area (Å²) >= 11 is 0. The van der Waals surface area contributed by atoms with Crippen molar-refractivity contribution < 1.29 is 14.4 Å². The van der Waals surface area contributed by atoms with E-state index in [1.165, 1.54) is 38.5 Å². The lowest BCUT2D eigenvalue weighted by molar-refractivity contribution is -0.0237. The van der Waals surface area contributed by atoms with Gasteiger partial charge in [-0.05, 0) is 39.2 Å². The van der Waals surface area contributed by atoms with Crippen LogP contribution in [0.15, 0.2) is 0 Å². The van der Waals surface area contributed by atoms with E-state index in [0.29, 0.717) is 25.0 Å². The van der Waals surface area contributed by atoms with Crippen molar-refractivity contribution in [1.82, 2.24) is 5.48 Å². The van der Waals surface area contributed by atoms with E-state index in [9.17, 15) is 4.79 Å². The zero-order valence-electron chi connectivity index (χ0n) is 13.1. The van der Waals surface area contributed by atoms with Crippen molar-refractivity contribution in [2.45, 2.75) is 64.9 Å². The third-order valence-corrected chi connectivity index (χ3v) is 3.72. The van der Waals surface area contributed by atoms with Crippen molar-refractivity contribution in [2.24, 2.45) is 17.6 Å². The summed E-state index contributed by atoms with van der Waals surface area (Å²) < 4.78 is 5.11. The van der Waals surface area contributed by atoms with Gasteiger partial charge in [0.2, 0.25) is 0 Å². The summed E-state index contributed by atoms with van der Waals surface area (Å²) in [5, 5.41) is 0. The summed E-state index contributed by atoms with van der Waals surface area (Å²) in [5.41, 5.74) is 7.68. The molecule has 0 aromatic heterocycles. The number of ether oxygens (including phenoxy) is 1. The van der Waals surface area contributed by atoms with Gasteiger partial charge in [-0.3, -0.25) is 4.84 Å². The highest BCUT2D eigenvalue weighted by molar-refractivity contribution is 5.66. The first-order valence-electron chi connectivity index (χ1n) is 7.73. The van der Waals surface area contributed by atoms with Crippen LogP contribution in [-0.2, 0) is 9.57 Å². The lowest BCUT2D eigenvalue weighted by atomic mass is 9.87. The van der Waals surface area contributed by atoms with Crippen LogP contribution in [0.1, 0.15) is 59.3 Å². The molecule has 1 amide bonds. The van der Waals surface area contributed by atoms with E-state index in [1.54, 1.807) is 0 Å². The maximum absolute atomic E-state index is 11.5. The number of carbonyl (C=O) groups excluding carboxylic acids is 1. The minimum Gasteiger partial charge on any atom is -0.442 e. The number of amides is 1. The van der Waals surface area contributed by atoms with Gasteiger partial charge < -0.3 is 10.5 Å². The van der Waals surface area contributed by atoms with Gasteiger partial charge in [0, 0.05) is 0 Å². The highest BCUT2D eigenvalue weighted by Crippen LogP contribution is 2.28. The zero-order valence-corrected chi connectivity index (χ0v) is 13.1. The summed E-state index contributed by atoms with van der Waals surface area (Å²) in [6, 6.07) is 0. The van der Waals surface area contributed by atoms with E-state index in [2.05, 4.69) is 5.48 Å². The largest absolute Gasteiger partial charge is 0.442 e. The molecule has 0 aromatic carbocycles. The molecule has 1 aliphatic carbocycles. The highest BCUT2D eigenvalue weighted by atomic mass is 16.7. The van der Waals surface area contributed by atoms with E-state index < -0.39 is 11.7 Å². The van der Waals surface area contributed by atoms with Crippen LogP contribution in [0, 0.1) is 11.8 Å². The molecule has 0 spiro atoms. The molecule has 0 radical (unpaired) electrons. The normalized spacial score (nSPS) is 19.2. The van der Waals surface area contributed by atoms with E-state index in [0.717, 1.165) is 0 Å². The second-order valence-electron chi connectivity index (χ2n) is 6.66. The van der Waals surface area contributed by atoms with Crippen molar-refractivity contribution in [2.75, 3.05) is 13.2 Å². The fraction of sp³-hybridized carbons (Fsp3) is 0.933. The molecule has 20 heavy (non-hydrogen) atoms. The monoisotopic (exact) mass is 286 g/mol. The lowest BCUT2D eigenvalue weighted by Gasteiger charge is -2.25. The van der Waals surface area contributed by atoms with Crippen molar-refractivity contribution >= 4 is 6.09 Å². The maximum atomic E-state index is 11.5. The first-order valence-corrected chi connectivity index (χ1v) is 7.73. The van der Waals surface area contributed by atoms with Crippen LogP contribution in [0.2, 0.25) is 0 Å². The Morgan fingerprint density at radius 1 is 1.25 bits per heavy atom. The first kappa shape index (κ1) is 17.2. The third-order valence-electron chi connectivity index (χ3n) is 3.72. The van der Waals surface area contributed by atoms with E-state index >= 15 is 0 Å². The standard InChI is InChI=1S/C15H30N2O3/c1-15(2,3)20-14(18)17-19-11-13(10-16)12-8-6-4-5-7-9-12/h12-13H,4-11,16H2,1-3H3,(H,17,18). The molecule has 0 bridgehead atoms. The van der Waals surface area contributed by atoms with Crippen LogP contribution in [0.4, 0.5) is 4.79 Å². The second kappa shape index (κ2) is 8.47. The minimum atomic E-state index is -0.547. The number of nitrogens with one attached hydrogen (secondary N) is 1. The number of nitrogens with two attached hydrogens (primary N) is 1. The minimum absolute atomic E-state index is 0.308. The smallest absolute Gasteiger partial charge is 0.431 e. The molecule has 5 nitrogen and oxygen atoms in total. The Labute approximate surface area is 122 Å². The van der Waals surface area contributed by atoms with Crippen molar-refractivity contribution in [3.63, 3.8) is 0 Å². The van der Waals surface area contributed by atoms with Gasteiger partial charge in [0.1, 0.15) is 5.60 Å². The molecule has 0 saturated heterocycles. The van der Waals surface area contributed by atoms with Crippen LogP contribution in [0.3, 0.4) is 0 Å². The number of hydroxylamine groups is 1. The predicted octanol–water partition coefficient (Wildman–Crippen LogP) is 2.99. The van der Waals surface area contributed by atoms with Gasteiger partial charge in [-0.25, -0.2) is 4.79 Å². The molecule has 0 heterocycles. The molecule has 5 heteroatoms. The Bertz CT molecular complexity index is 281. The quantitative estimate of drug-likeness (QED) is 0.602. The summed E-state index contributed by atoms with van der Waals surface area (Å²) in [6.45, 7) is 6.52. The van der Waals surface area contributed by atoms with Crippen LogP contribution in [-0.4, -0.2) is 24.8 Å². The molecular weight excluding hydrogens is 256 g/mol. The van der Waals surface area contributed by atoms with Crippen LogP contribution in [0.5, 0.6) is 0 Å². The molecule has 1 fully saturated rings. The maximum Gasteiger partial charge on any atom is 0.431 e. The third kappa shape index (κ3) is 7.10. The average Bonchev–Trinajstić information content (AvgIpc) is 2.61. The molecule has 1 saturated carbocycles. The second-order valence-corrected chi connectivity index (χ2v) is 6.66. The van der Waals surface area contributed by atoms with Crippen LogP contribution < -0.4 is 11.2 Å².